The zero-order chi connectivity index (χ0) is 16.7. The van der Waals surface area contributed by atoms with Crippen LogP contribution >= 0.6 is 23.4 Å². The molecule has 0 spiro atoms. The van der Waals surface area contributed by atoms with E-state index in [1.54, 1.807) is 36.4 Å². The lowest BCUT2D eigenvalue weighted by molar-refractivity contribution is -0.113. The summed E-state index contributed by atoms with van der Waals surface area (Å²) >= 11 is 7.41. The first-order valence-corrected chi connectivity index (χ1v) is 8.52. The van der Waals surface area contributed by atoms with Gasteiger partial charge in [0, 0.05) is 21.0 Å². The van der Waals surface area contributed by atoms with Crippen LogP contribution in [0.2, 0.25) is 5.02 Å². The van der Waals surface area contributed by atoms with E-state index in [0.29, 0.717) is 27.7 Å². The molecule has 2 N–H and O–H groups in total. The highest BCUT2D eigenvalue weighted by Crippen LogP contribution is 2.33. The Morgan fingerprint density at radius 2 is 2.08 bits per heavy atom. The monoisotopic (exact) mass is 358 g/mol. The molecule has 1 aromatic heterocycles. The van der Waals surface area contributed by atoms with Gasteiger partial charge in [0.25, 0.3) is 5.91 Å². The molecule has 7 heteroatoms. The molecule has 0 aliphatic carbocycles. The Labute approximate surface area is 146 Å². The van der Waals surface area contributed by atoms with E-state index in [2.05, 4.69) is 10.6 Å². The summed E-state index contributed by atoms with van der Waals surface area (Å²) in [6, 6.07) is 12.2. The molecule has 0 saturated carbocycles. The van der Waals surface area contributed by atoms with Crippen LogP contribution in [0.3, 0.4) is 0 Å². The summed E-state index contributed by atoms with van der Waals surface area (Å²) in [5.74, 6) is 0.186. The second-order valence-electron chi connectivity index (χ2n) is 5.29. The average molecular weight is 359 g/mol. The number of furan rings is 1. The smallest absolute Gasteiger partial charge is 0.291 e. The zero-order valence-corrected chi connectivity index (χ0v) is 13.8. The maximum atomic E-state index is 12.4. The quantitative estimate of drug-likeness (QED) is 0.713. The van der Waals surface area contributed by atoms with Crippen LogP contribution in [0.4, 0.5) is 11.4 Å². The Morgan fingerprint density at radius 1 is 1.21 bits per heavy atom. The number of anilines is 2. The van der Waals surface area contributed by atoms with Crippen LogP contribution in [-0.4, -0.2) is 17.6 Å². The summed E-state index contributed by atoms with van der Waals surface area (Å²) in [5.41, 5.74) is 1.88. The van der Waals surface area contributed by atoms with E-state index in [1.807, 2.05) is 6.07 Å². The molecule has 4 rings (SSSR count). The molecule has 0 unspecified atom stereocenters. The normalized spacial score (nSPS) is 13.5. The molecule has 0 fully saturated rings. The summed E-state index contributed by atoms with van der Waals surface area (Å²) in [5, 5.41) is 6.91. The van der Waals surface area contributed by atoms with Gasteiger partial charge in [-0.05, 0) is 42.5 Å². The number of rotatable bonds is 2. The fourth-order valence-electron chi connectivity index (χ4n) is 2.48. The molecule has 0 bridgehead atoms. The minimum absolute atomic E-state index is 0.0508. The van der Waals surface area contributed by atoms with Gasteiger partial charge >= 0.3 is 0 Å². The third-order valence-corrected chi connectivity index (χ3v) is 4.88. The molecule has 120 valence electrons. The molecule has 0 atom stereocenters. The first kappa shape index (κ1) is 15.1. The van der Waals surface area contributed by atoms with Crippen molar-refractivity contribution < 1.29 is 14.0 Å². The van der Waals surface area contributed by atoms with Crippen molar-refractivity contribution in [2.24, 2.45) is 0 Å². The van der Waals surface area contributed by atoms with E-state index in [9.17, 15) is 9.59 Å². The number of benzene rings is 2. The van der Waals surface area contributed by atoms with Gasteiger partial charge in [-0.15, -0.1) is 11.8 Å². The van der Waals surface area contributed by atoms with Crippen LogP contribution in [0.5, 0.6) is 0 Å². The number of hydrogen-bond acceptors (Lipinski definition) is 4. The van der Waals surface area contributed by atoms with Crippen LogP contribution in [0.1, 0.15) is 10.6 Å². The van der Waals surface area contributed by atoms with Gasteiger partial charge in [0.1, 0.15) is 5.58 Å². The number of halogens is 1. The summed E-state index contributed by atoms with van der Waals surface area (Å²) in [4.78, 5) is 24.8. The highest BCUT2D eigenvalue weighted by molar-refractivity contribution is 8.00. The summed E-state index contributed by atoms with van der Waals surface area (Å²) < 4.78 is 5.54. The topological polar surface area (TPSA) is 71.3 Å². The number of amides is 2. The Bertz CT molecular complexity index is 983. The SMILES string of the molecule is O=C1CSc2ccc(NC(=O)c3cc4cc(Cl)ccc4o3)cc2N1. The van der Waals surface area contributed by atoms with Gasteiger partial charge in [0.15, 0.2) is 5.76 Å². The second kappa shape index (κ2) is 5.89. The van der Waals surface area contributed by atoms with Crippen molar-refractivity contribution in [1.82, 2.24) is 0 Å². The van der Waals surface area contributed by atoms with E-state index >= 15 is 0 Å². The van der Waals surface area contributed by atoms with Crippen LogP contribution in [0.15, 0.2) is 51.8 Å². The molecule has 2 heterocycles. The standard InChI is InChI=1S/C17H11ClN2O3S/c18-10-1-3-13-9(5-10)6-14(23-13)17(22)19-11-2-4-15-12(7-11)20-16(21)8-24-15/h1-7H,8H2,(H,19,22)(H,20,21). The Hall–Kier alpha value is -2.44. The molecule has 24 heavy (non-hydrogen) atoms. The third-order valence-electron chi connectivity index (χ3n) is 3.57. The van der Waals surface area contributed by atoms with E-state index < -0.39 is 0 Å². The van der Waals surface area contributed by atoms with Crippen molar-refractivity contribution >= 4 is 57.5 Å². The molecule has 3 aromatic rings. The predicted molar refractivity (Wildman–Crippen MR) is 95.0 cm³/mol. The highest BCUT2D eigenvalue weighted by atomic mass is 35.5. The number of carbonyl (C=O) groups excluding carboxylic acids is 2. The van der Waals surface area contributed by atoms with Crippen LogP contribution in [0, 0.1) is 0 Å². The lowest BCUT2D eigenvalue weighted by Crippen LogP contribution is -2.19. The Morgan fingerprint density at radius 3 is 2.96 bits per heavy atom. The maximum absolute atomic E-state index is 12.4. The Balaban J connectivity index is 1.59. The highest BCUT2D eigenvalue weighted by Gasteiger charge is 2.17. The van der Waals surface area contributed by atoms with Crippen molar-refractivity contribution in [2.45, 2.75) is 4.90 Å². The van der Waals surface area contributed by atoms with Gasteiger partial charge in [-0.25, -0.2) is 0 Å². The van der Waals surface area contributed by atoms with Gasteiger partial charge < -0.3 is 15.1 Å². The summed E-state index contributed by atoms with van der Waals surface area (Å²) in [6.07, 6.45) is 0. The zero-order valence-electron chi connectivity index (χ0n) is 12.3. The molecular weight excluding hydrogens is 348 g/mol. The average Bonchev–Trinajstić information content (AvgIpc) is 2.97. The van der Waals surface area contributed by atoms with E-state index in [0.717, 1.165) is 10.3 Å². The summed E-state index contributed by atoms with van der Waals surface area (Å²) in [7, 11) is 0. The van der Waals surface area contributed by atoms with Crippen LogP contribution in [0.25, 0.3) is 11.0 Å². The van der Waals surface area contributed by atoms with Crippen LogP contribution in [-0.2, 0) is 4.79 Å². The second-order valence-corrected chi connectivity index (χ2v) is 6.75. The van der Waals surface area contributed by atoms with Crippen molar-refractivity contribution in [1.29, 1.82) is 0 Å². The molecule has 1 aliphatic heterocycles. The van der Waals surface area contributed by atoms with Crippen LogP contribution < -0.4 is 10.6 Å². The molecule has 1 aliphatic rings. The number of nitrogens with one attached hydrogen (secondary N) is 2. The first-order valence-electron chi connectivity index (χ1n) is 7.16. The minimum atomic E-state index is -0.364. The summed E-state index contributed by atoms with van der Waals surface area (Å²) in [6.45, 7) is 0. The number of thioether (sulfide) groups is 1. The van der Waals surface area contributed by atoms with Crippen molar-refractivity contribution in [3.8, 4) is 0 Å². The molecule has 0 saturated heterocycles. The molecule has 2 aromatic carbocycles. The number of hydrogen-bond donors (Lipinski definition) is 2. The van der Waals surface area contributed by atoms with E-state index in [1.165, 1.54) is 11.8 Å². The predicted octanol–water partition coefficient (Wildman–Crippen LogP) is 4.38. The van der Waals surface area contributed by atoms with Crippen molar-refractivity contribution in [3.05, 3.63) is 53.2 Å². The van der Waals surface area contributed by atoms with Crippen molar-refractivity contribution in [2.75, 3.05) is 16.4 Å². The van der Waals surface area contributed by atoms with Gasteiger partial charge in [0.05, 0.1) is 11.4 Å². The lowest BCUT2D eigenvalue weighted by atomic mass is 10.2. The van der Waals surface area contributed by atoms with Crippen molar-refractivity contribution in [3.63, 3.8) is 0 Å². The Kier molecular flexibility index (Phi) is 3.70. The van der Waals surface area contributed by atoms with Gasteiger partial charge in [-0.3, -0.25) is 9.59 Å². The number of carbonyl (C=O) groups is 2. The molecule has 2 amide bonds. The lowest BCUT2D eigenvalue weighted by Gasteiger charge is -2.17. The van der Waals surface area contributed by atoms with E-state index in [4.69, 9.17) is 16.0 Å². The molecule has 5 nitrogen and oxygen atoms in total. The van der Waals surface area contributed by atoms with E-state index in [-0.39, 0.29) is 17.6 Å². The van der Waals surface area contributed by atoms with Gasteiger partial charge in [-0.2, -0.15) is 0 Å². The first-order chi connectivity index (χ1) is 11.6. The largest absolute Gasteiger partial charge is 0.451 e. The fourth-order valence-corrected chi connectivity index (χ4v) is 3.45. The number of fused-ring (bicyclic) bond motifs is 2. The third kappa shape index (κ3) is 2.86. The molecular formula is C17H11ClN2O3S. The van der Waals surface area contributed by atoms with Gasteiger partial charge in [-0.1, -0.05) is 11.6 Å². The molecule has 0 radical (unpaired) electrons. The minimum Gasteiger partial charge on any atom is -0.451 e. The maximum Gasteiger partial charge on any atom is 0.291 e. The fraction of sp³-hybridized carbons (Fsp3) is 0.0588. The van der Waals surface area contributed by atoms with Gasteiger partial charge in [0.2, 0.25) is 5.91 Å².